The van der Waals surface area contributed by atoms with Crippen molar-refractivity contribution >= 4 is 29.0 Å². The van der Waals surface area contributed by atoms with Gasteiger partial charge in [-0.3, -0.25) is 4.79 Å². The fourth-order valence-electron chi connectivity index (χ4n) is 2.88. The van der Waals surface area contributed by atoms with Gasteiger partial charge in [0.1, 0.15) is 11.8 Å². The van der Waals surface area contributed by atoms with Gasteiger partial charge in [-0.05, 0) is 24.3 Å². The van der Waals surface area contributed by atoms with E-state index in [9.17, 15) is 9.90 Å². The van der Waals surface area contributed by atoms with Crippen LogP contribution in [0, 0.1) is 0 Å². The summed E-state index contributed by atoms with van der Waals surface area (Å²) in [7, 11) is 0. The maximum atomic E-state index is 12.7. The molecule has 134 valence electrons. The highest BCUT2D eigenvalue weighted by Crippen LogP contribution is 2.29. The van der Waals surface area contributed by atoms with Crippen molar-refractivity contribution in [1.82, 2.24) is 5.16 Å². The Morgan fingerprint density at radius 2 is 2.04 bits per heavy atom. The molecule has 0 radical (unpaired) electrons. The van der Waals surface area contributed by atoms with Gasteiger partial charge >= 0.3 is 0 Å². The summed E-state index contributed by atoms with van der Waals surface area (Å²) in [6.07, 6.45) is -0.202. The standard InChI is InChI=1S/C18H22ClN3O3/c1-18(2,3)15-9-16(21-25-15)20-17(24)14-8-13(23)10-22(14)12-6-4-11(19)5-7-12/h4-7,9,13-14,23H,8,10H2,1-3H3,(H,20,21,24)/t13-,14+/m1/s1. The first-order chi connectivity index (χ1) is 11.7. The lowest BCUT2D eigenvalue weighted by Crippen LogP contribution is -2.39. The highest BCUT2D eigenvalue weighted by Gasteiger charge is 2.36. The zero-order chi connectivity index (χ0) is 18.2. The van der Waals surface area contributed by atoms with Crippen molar-refractivity contribution < 1.29 is 14.4 Å². The molecule has 1 aliphatic heterocycles. The van der Waals surface area contributed by atoms with E-state index in [1.165, 1.54) is 0 Å². The molecule has 6 nitrogen and oxygen atoms in total. The van der Waals surface area contributed by atoms with Gasteiger partial charge in [-0.1, -0.05) is 37.5 Å². The van der Waals surface area contributed by atoms with Crippen LogP contribution < -0.4 is 10.2 Å². The molecule has 0 aliphatic carbocycles. The number of benzene rings is 1. The van der Waals surface area contributed by atoms with E-state index in [1.807, 2.05) is 37.8 Å². The molecule has 3 rings (SSSR count). The fourth-order valence-corrected chi connectivity index (χ4v) is 3.00. The van der Waals surface area contributed by atoms with Crippen LogP contribution in [0.2, 0.25) is 5.02 Å². The van der Waals surface area contributed by atoms with Crippen molar-refractivity contribution in [3.8, 4) is 0 Å². The molecule has 1 aromatic carbocycles. The molecule has 0 spiro atoms. The fraction of sp³-hybridized carbons (Fsp3) is 0.444. The highest BCUT2D eigenvalue weighted by molar-refractivity contribution is 6.30. The number of amides is 1. The first-order valence-electron chi connectivity index (χ1n) is 8.22. The van der Waals surface area contributed by atoms with Gasteiger partial charge in [0.15, 0.2) is 5.82 Å². The Hall–Kier alpha value is -2.05. The van der Waals surface area contributed by atoms with E-state index in [4.69, 9.17) is 16.1 Å². The summed E-state index contributed by atoms with van der Waals surface area (Å²) in [6.45, 7) is 6.42. The number of β-amino-alcohol motifs (C(OH)–C–C–N with tert-alkyl or cyclic N) is 1. The van der Waals surface area contributed by atoms with Crippen LogP contribution in [0.1, 0.15) is 33.0 Å². The number of halogens is 1. The molecule has 1 amide bonds. The van der Waals surface area contributed by atoms with Crippen molar-refractivity contribution in [1.29, 1.82) is 0 Å². The number of nitrogens with one attached hydrogen (secondary N) is 1. The van der Waals surface area contributed by atoms with Gasteiger partial charge in [-0.25, -0.2) is 0 Å². The van der Waals surface area contributed by atoms with E-state index >= 15 is 0 Å². The monoisotopic (exact) mass is 363 g/mol. The lowest BCUT2D eigenvalue weighted by molar-refractivity contribution is -0.117. The van der Waals surface area contributed by atoms with Crippen LogP contribution >= 0.6 is 11.6 Å². The maximum Gasteiger partial charge on any atom is 0.248 e. The molecule has 2 N–H and O–H groups in total. The molecular formula is C18H22ClN3O3. The van der Waals surface area contributed by atoms with Crippen molar-refractivity contribution in [3.63, 3.8) is 0 Å². The van der Waals surface area contributed by atoms with Crippen molar-refractivity contribution in [2.45, 2.75) is 44.8 Å². The zero-order valence-corrected chi connectivity index (χ0v) is 15.2. The van der Waals surface area contributed by atoms with Crippen LogP contribution in [0.25, 0.3) is 0 Å². The Kier molecular flexibility index (Phi) is 4.75. The van der Waals surface area contributed by atoms with Gasteiger partial charge in [0.25, 0.3) is 0 Å². The van der Waals surface area contributed by atoms with Crippen LogP contribution in [0.3, 0.4) is 0 Å². The minimum Gasteiger partial charge on any atom is -0.391 e. The van der Waals surface area contributed by atoms with Gasteiger partial charge in [0.2, 0.25) is 5.91 Å². The van der Waals surface area contributed by atoms with Gasteiger partial charge in [0.05, 0.1) is 6.10 Å². The summed E-state index contributed by atoms with van der Waals surface area (Å²) in [5, 5.41) is 17.4. The van der Waals surface area contributed by atoms with E-state index < -0.39 is 12.1 Å². The lowest BCUT2D eigenvalue weighted by atomic mass is 9.93. The van der Waals surface area contributed by atoms with Crippen molar-refractivity contribution in [2.24, 2.45) is 0 Å². The second-order valence-electron chi connectivity index (χ2n) is 7.35. The molecule has 7 heteroatoms. The largest absolute Gasteiger partial charge is 0.391 e. The molecule has 25 heavy (non-hydrogen) atoms. The average molecular weight is 364 g/mol. The summed E-state index contributed by atoms with van der Waals surface area (Å²) in [4.78, 5) is 14.6. The van der Waals surface area contributed by atoms with Crippen LogP contribution in [-0.2, 0) is 10.2 Å². The highest BCUT2D eigenvalue weighted by atomic mass is 35.5. The molecule has 1 aliphatic rings. The minimum atomic E-state index is -0.561. The van der Waals surface area contributed by atoms with Gasteiger partial charge < -0.3 is 19.8 Å². The van der Waals surface area contributed by atoms with Crippen molar-refractivity contribution in [3.05, 3.63) is 41.1 Å². The van der Waals surface area contributed by atoms with Gasteiger partial charge in [0, 0.05) is 35.2 Å². The predicted octanol–water partition coefficient (Wildman–Crippen LogP) is 3.20. The molecule has 1 fully saturated rings. The number of nitrogens with zero attached hydrogens (tertiary/aromatic N) is 2. The van der Waals surface area contributed by atoms with Crippen LogP contribution in [-0.4, -0.2) is 34.9 Å². The molecule has 0 bridgehead atoms. The summed E-state index contributed by atoms with van der Waals surface area (Å²) in [5.41, 5.74) is 0.658. The molecule has 2 aromatic rings. The summed E-state index contributed by atoms with van der Waals surface area (Å²) in [6, 6.07) is 8.47. The number of anilines is 2. The number of aliphatic hydroxyl groups is 1. The van der Waals surface area contributed by atoms with Crippen LogP contribution in [0.4, 0.5) is 11.5 Å². The Balaban J connectivity index is 1.75. The topological polar surface area (TPSA) is 78.6 Å². The third kappa shape index (κ3) is 3.96. The average Bonchev–Trinajstić information content (AvgIpc) is 3.14. The molecule has 1 aromatic heterocycles. The normalized spacial score (nSPS) is 20.8. The number of carbonyl (C=O) groups is 1. The van der Waals surface area contributed by atoms with Gasteiger partial charge in [-0.2, -0.15) is 0 Å². The predicted molar refractivity (Wildman–Crippen MR) is 97.0 cm³/mol. The molecule has 1 saturated heterocycles. The lowest BCUT2D eigenvalue weighted by Gasteiger charge is -2.25. The third-order valence-electron chi connectivity index (χ3n) is 4.24. The number of hydrogen-bond acceptors (Lipinski definition) is 5. The molecule has 0 saturated carbocycles. The molecule has 0 unspecified atom stereocenters. The van der Waals surface area contributed by atoms with Crippen LogP contribution in [0.5, 0.6) is 0 Å². The van der Waals surface area contributed by atoms with E-state index in [-0.39, 0.29) is 11.3 Å². The van der Waals surface area contributed by atoms with Crippen LogP contribution in [0.15, 0.2) is 34.9 Å². The molecular weight excluding hydrogens is 342 g/mol. The second-order valence-corrected chi connectivity index (χ2v) is 7.79. The van der Waals surface area contributed by atoms with E-state index in [2.05, 4.69) is 10.5 Å². The van der Waals surface area contributed by atoms with Crippen molar-refractivity contribution in [2.75, 3.05) is 16.8 Å². The van der Waals surface area contributed by atoms with E-state index in [1.54, 1.807) is 18.2 Å². The first kappa shape index (κ1) is 17.8. The third-order valence-corrected chi connectivity index (χ3v) is 4.49. The summed E-state index contributed by atoms with van der Waals surface area (Å²) in [5.74, 6) is 0.858. The number of hydrogen-bond donors (Lipinski definition) is 2. The SMILES string of the molecule is CC(C)(C)c1cc(NC(=O)[C@@H]2C[C@@H](O)CN2c2ccc(Cl)cc2)no1. The Morgan fingerprint density at radius 1 is 1.36 bits per heavy atom. The van der Waals surface area contributed by atoms with E-state index in [0.717, 1.165) is 5.69 Å². The second kappa shape index (κ2) is 6.69. The number of aromatic nitrogens is 1. The Labute approximate surface area is 151 Å². The van der Waals surface area contributed by atoms with Gasteiger partial charge in [-0.15, -0.1) is 0 Å². The Bertz CT molecular complexity index is 752. The molecule has 2 atom stereocenters. The quantitative estimate of drug-likeness (QED) is 0.875. The van der Waals surface area contributed by atoms with E-state index in [0.29, 0.717) is 29.6 Å². The number of carbonyl (C=O) groups excluding carboxylic acids is 1. The smallest absolute Gasteiger partial charge is 0.248 e. The Morgan fingerprint density at radius 3 is 2.64 bits per heavy atom. The summed E-state index contributed by atoms with van der Waals surface area (Å²) < 4.78 is 5.30. The maximum absolute atomic E-state index is 12.7. The number of aliphatic hydroxyl groups excluding tert-OH is 1. The minimum absolute atomic E-state index is 0.186. The molecule has 2 heterocycles. The number of rotatable bonds is 3. The summed E-state index contributed by atoms with van der Waals surface area (Å²) >= 11 is 5.93. The zero-order valence-electron chi connectivity index (χ0n) is 14.5. The first-order valence-corrected chi connectivity index (χ1v) is 8.60.